The van der Waals surface area contributed by atoms with Crippen LogP contribution < -0.4 is 0 Å². The molecule has 0 unspecified atom stereocenters. The van der Waals surface area contributed by atoms with Gasteiger partial charge in [-0.1, -0.05) is 12.8 Å². The minimum absolute atomic E-state index is 0.495. The molecular weight excluding hydrogens is 220 g/mol. The number of carbonyl (C=O) groups excluding carboxylic acids is 1. The highest BCUT2D eigenvalue weighted by atomic mass is 32.2. The molecule has 1 aliphatic rings. The van der Waals surface area contributed by atoms with Gasteiger partial charge in [0.25, 0.3) is 0 Å². The predicted octanol–water partition coefficient (Wildman–Crippen LogP) is 2.77. The first-order valence-corrected chi connectivity index (χ1v) is 6.74. The molecule has 86 valence electrons. The maximum Gasteiger partial charge on any atom is 0.168 e. The first kappa shape index (κ1) is 11.6. The fraction of sp³-hybridized carbons (Fsp3) is 0.583. The van der Waals surface area contributed by atoms with E-state index in [1.54, 1.807) is 6.07 Å². The van der Waals surface area contributed by atoms with Crippen molar-refractivity contribution in [3.8, 4) is 0 Å². The minimum atomic E-state index is 0.495. The van der Waals surface area contributed by atoms with Crippen molar-refractivity contribution < 1.29 is 4.79 Å². The molecule has 1 aromatic heterocycles. The van der Waals surface area contributed by atoms with E-state index in [-0.39, 0.29) is 0 Å². The van der Waals surface area contributed by atoms with E-state index in [0.717, 1.165) is 28.8 Å². The number of rotatable bonds is 4. The van der Waals surface area contributed by atoms with Crippen LogP contribution in [0.15, 0.2) is 6.07 Å². The normalized spacial score (nSPS) is 16.6. The Morgan fingerprint density at radius 3 is 2.88 bits per heavy atom. The molecule has 2 rings (SSSR count). The number of hydrogen-bond donors (Lipinski definition) is 0. The molecule has 16 heavy (non-hydrogen) atoms. The average Bonchev–Trinajstić information content (AvgIpc) is 2.78. The molecular formula is C12H16N2OS. The Labute approximate surface area is 100 Å². The second-order valence-corrected chi connectivity index (χ2v) is 5.47. The van der Waals surface area contributed by atoms with E-state index in [4.69, 9.17) is 0 Å². The number of nitrogens with zero attached hydrogens (tertiary/aromatic N) is 2. The van der Waals surface area contributed by atoms with Crippen molar-refractivity contribution in [1.82, 2.24) is 9.97 Å². The van der Waals surface area contributed by atoms with Gasteiger partial charge in [-0.05, 0) is 25.8 Å². The smallest absolute Gasteiger partial charge is 0.168 e. The summed E-state index contributed by atoms with van der Waals surface area (Å²) in [5, 5.41) is 0.767. The fourth-order valence-corrected chi connectivity index (χ4v) is 3.21. The van der Waals surface area contributed by atoms with Crippen LogP contribution in [0, 0.1) is 6.92 Å². The van der Waals surface area contributed by atoms with Gasteiger partial charge >= 0.3 is 0 Å². The molecule has 0 amide bonds. The highest BCUT2D eigenvalue weighted by Gasteiger charge is 2.15. The highest BCUT2D eigenvalue weighted by Crippen LogP contribution is 2.30. The molecule has 1 saturated carbocycles. The van der Waals surface area contributed by atoms with Gasteiger partial charge in [0.05, 0.1) is 5.75 Å². The number of aryl methyl sites for hydroxylation is 1. The Balaban J connectivity index is 1.97. The van der Waals surface area contributed by atoms with Gasteiger partial charge < -0.3 is 0 Å². The van der Waals surface area contributed by atoms with E-state index >= 15 is 0 Å². The maximum absolute atomic E-state index is 10.7. The summed E-state index contributed by atoms with van der Waals surface area (Å²) in [7, 11) is 0. The topological polar surface area (TPSA) is 42.9 Å². The van der Waals surface area contributed by atoms with Crippen LogP contribution in [0.2, 0.25) is 0 Å². The lowest BCUT2D eigenvalue weighted by Gasteiger charge is -2.08. The first-order chi connectivity index (χ1) is 7.78. The van der Waals surface area contributed by atoms with Crippen molar-refractivity contribution in [1.29, 1.82) is 0 Å². The molecule has 0 aromatic carbocycles. The third kappa shape index (κ3) is 3.04. The molecule has 0 radical (unpaired) electrons. The van der Waals surface area contributed by atoms with Crippen molar-refractivity contribution >= 4 is 18.0 Å². The first-order valence-electron chi connectivity index (χ1n) is 5.69. The molecule has 1 fully saturated rings. The second-order valence-electron chi connectivity index (χ2n) is 4.19. The number of hydrogen-bond acceptors (Lipinski definition) is 4. The molecule has 1 aliphatic carbocycles. The minimum Gasteiger partial charge on any atom is -0.296 e. The summed E-state index contributed by atoms with van der Waals surface area (Å²) in [6.07, 6.45) is 6.13. The van der Waals surface area contributed by atoms with Crippen LogP contribution in [0.3, 0.4) is 0 Å². The molecule has 4 heteroatoms. The Hall–Kier alpha value is -0.900. The Kier molecular flexibility index (Phi) is 3.93. The van der Waals surface area contributed by atoms with Gasteiger partial charge in [0.1, 0.15) is 11.5 Å². The van der Waals surface area contributed by atoms with Crippen LogP contribution in [-0.2, 0) is 5.75 Å². The summed E-state index contributed by atoms with van der Waals surface area (Å²) in [5.41, 5.74) is 1.37. The third-order valence-electron chi connectivity index (χ3n) is 2.79. The van der Waals surface area contributed by atoms with E-state index < -0.39 is 0 Å². The predicted molar refractivity (Wildman–Crippen MR) is 65.7 cm³/mol. The molecule has 0 aliphatic heterocycles. The van der Waals surface area contributed by atoms with Gasteiger partial charge in [0, 0.05) is 10.9 Å². The fourth-order valence-electron chi connectivity index (χ4n) is 2.03. The number of carbonyl (C=O) groups is 1. The van der Waals surface area contributed by atoms with Gasteiger partial charge in [-0.15, -0.1) is 0 Å². The van der Waals surface area contributed by atoms with Gasteiger partial charge in [-0.2, -0.15) is 11.8 Å². The molecule has 0 saturated heterocycles. The summed E-state index contributed by atoms with van der Waals surface area (Å²) >= 11 is 1.92. The van der Waals surface area contributed by atoms with E-state index in [2.05, 4.69) is 9.97 Å². The van der Waals surface area contributed by atoms with Gasteiger partial charge in [-0.25, -0.2) is 9.97 Å². The zero-order valence-electron chi connectivity index (χ0n) is 9.48. The Morgan fingerprint density at radius 2 is 2.19 bits per heavy atom. The molecule has 0 atom stereocenters. The van der Waals surface area contributed by atoms with Crippen LogP contribution in [0.4, 0.5) is 0 Å². The lowest BCUT2D eigenvalue weighted by atomic mass is 10.3. The third-order valence-corrected chi connectivity index (χ3v) is 4.16. The Bertz CT molecular complexity index is 375. The summed E-state index contributed by atoms with van der Waals surface area (Å²) in [4.78, 5) is 19.2. The van der Waals surface area contributed by atoms with Gasteiger partial charge in [0.2, 0.25) is 0 Å². The number of aldehydes is 1. The largest absolute Gasteiger partial charge is 0.296 e. The quantitative estimate of drug-likeness (QED) is 0.754. The van der Waals surface area contributed by atoms with Crippen LogP contribution in [-0.4, -0.2) is 21.5 Å². The van der Waals surface area contributed by atoms with E-state index in [9.17, 15) is 4.79 Å². The molecule has 1 aromatic rings. The maximum atomic E-state index is 10.7. The van der Waals surface area contributed by atoms with Crippen LogP contribution in [0.25, 0.3) is 0 Å². The summed E-state index contributed by atoms with van der Waals surface area (Å²) in [6.45, 7) is 1.90. The van der Waals surface area contributed by atoms with Crippen LogP contribution >= 0.6 is 11.8 Å². The van der Waals surface area contributed by atoms with Crippen molar-refractivity contribution in [2.45, 2.75) is 43.6 Å². The van der Waals surface area contributed by atoms with Crippen LogP contribution in [0.5, 0.6) is 0 Å². The van der Waals surface area contributed by atoms with E-state index in [1.165, 1.54) is 25.7 Å². The Morgan fingerprint density at radius 1 is 1.44 bits per heavy atom. The van der Waals surface area contributed by atoms with Crippen LogP contribution in [0.1, 0.15) is 47.7 Å². The summed E-state index contributed by atoms with van der Waals surface area (Å²) < 4.78 is 0. The average molecular weight is 236 g/mol. The van der Waals surface area contributed by atoms with Crippen molar-refractivity contribution in [2.24, 2.45) is 0 Å². The van der Waals surface area contributed by atoms with Gasteiger partial charge in [-0.3, -0.25) is 4.79 Å². The summed E-state index contributed by atoms with van der Waals surface area (Å²) in [6, 6.07) is 1.72. The number of aromatic nitrogens is 2. The molecule has 0 spiro atoms. The SMILES string of the molecule is Cc1cc(C=O)nc(CSC2CCCC2)n1. The lowest BCUT2D eigenvalue weighted by Crippen LogP contribution is -2.02. The van der Waals surface area contributed by atoms with Crippen molar-refractivity contribution in [2.75, 3.05) is 0 Å². The second kappa shape index (κ2) is 5.43. The zero-order valence-corrected chi connectivity index (χ0v) is 10.3. The highest BCUT2D eigenvalue weighted by molar-refractivity contribution is 7.99. The van der Waals surface area contributed by atoms with Gasteiger partial charge in [0.15, 0.2) is 6.29 Å². The van der Waals surface area contributed by atoms with Crippen molar-refractivity contribution in [3.63, 3.8) is 0 Å². The molecule has 3 nitrogen and oxygen atoms in total. The monoisotopic (exact) mass is 236 g/mol. The standard InChI is InChI=1S/C12H16N2OS/c1-9-6-10(7-15)14-12(13-9)8-16-11-4-2-3-5-11/h6-7,11H,2-5,8H2,1H3. The molecule has 0 N–H and O–H groups in total. The van der Waals surface area contributed by atoms with Crippen molar-refractivity contribution in [3.05, 3.63) is 23.3 Å². The number of thioether (sulfide) groups is 1. The van der Waals surface area contributed by atoms with E-state index in [1.807, 2.05) is 18.7 Å². The van der Waals surface area contributed by atoms with E-state index in [0.29, 0.717) is 5.69 Å². The zero-order chi connectivity index (χ0) is 11.4. The molecule has 1 heterocycles. The summed E-state index contributed by atoms with van der Waals surface area (Å²) in [5.74, 6) is 1.62. The molecule has 0 bridgehead atoms. The lowest BCUT2D eigenvalue weighted by molar-refractivity contribution is 0.111.